The number of nitriles is 1. The van der Waals surface area contributed by atoms with E-state index >= 15 is 0 Å². The van der Waals surface area contributed by atoms with Gasteiger partial charge in [0.25, 0.3) is 9.84 Å². The number of carbonyl (C=O) groups excluding carboxylic acids is 1. The number of aromatic nitrogens is 2. The Labute approximate surface area is 224 Å². The molecular weight excluding hydrogens is 535 g/mol. The third kappa shape index (κ3) is 6.40. The molecule has 9 nitrogen and oxygen atoms in total. The Balaban J connectivity index is 1.32. The van der Waals surface area contributed by atoms with Crippen molar-refractivity contribution in [3.63, 3.8) is 0 Å². The molecule has 0 unspecified atom stereocenters. The Hall–Kier alpha value is -3.89. The standard InChI is InChI=1S/C26H26F3N5O4S/c1-19-31-15-23(34(19)16-21-8-6-20(14-30)7-9-21)17-32-10-12-33(13-11-32)25(35)38-18-22-4-2-3-5-24(22)39(36,37)26(27,28)29/h2-9,15H,10-13,16-18H2,1H3. The van der Waals surface area contributed by atoms with Gasteiger partial charge in [-0.2, -0.15) is 18.4 Å². The van der Waals surface area contributed by atoms with Gasteiger partial charge in [-0.1, -0.05) is 30.3 Å². The molecule has 0 N–H and O–H groups in total. The van der Waals surface area contributed by atoms with E-state index in [-0.39, 0.29) is 5.56 Å². The van der Waals surface area contributed by atoms with Crippen molar-refractivity contribution in [2.45, 2.75) is 37.0 Å². The first kappa shape index (κ1) is 28.1. The number of aryl methyl sites for hydroxylation is 1. The van der Waals surface area contributed by atoms with E-state index in [1.54, 1.807) is 12.1 Å². The monoisotopic (exact) mass is 561 g/mol. The Morgan fingerprint density at radius 3 is 2.36 bits per heavy atom. The van der Waals surface area contributed by atoms with E-state index in [1.807, 2.05) is 25.3 Å². The van der Waals surface area contributed by atoms with Crippen LogP contribution < -0.4 is 0 Å². The largest absolute Gasteiger partial charge is 0.501 e. The number of sulfone groups is 1. The molecule has 0 aliphatic carbocycles. The van der Waals surface area contributed by atoms with E-state index in [1.165, 1.54) is 23.1 Å². The molecule has 1 saturated heterocycles. The zero-order chi connectivity index (χ0) is 28.2. The van der Waals surface area contributed by atoms with Crippen molar-refractivity contribution in [3.8, 4) is 6.07 Å². The van der Waals surface area contributed by atoms with Gasteiger partial charge >= 0.3 is 11.6 Å². The first-order valence-electron chi connectivity index (χ1n) is 12.0. The molecule has 1 fully saturated rings. The minimum atomic E-state index is -5.57. The molecule has 1 aliphatic heterocycles. The van der Waals surface area contributed by atoms with Gasteiger partial charge in [-0.25, -0.2) is 18.2 Å². The van der Waals surface area contributed by atoms with Gasteiger partial charge in [0.1, 0.15) is 12.4 Å². The molecule has 4 rings (SSSR count). The molecule has 2 heterocycles. The Kier molecular flexibility index (Phi) is 8.27. The normalized spacial score (nSPS) is 14.7. The summed E-state index contributed by atoms with van der Waals surface area (Å²) < 4.78 is 70.1. The Bertz CT molecular complexity index is 1470. The van der Waals surface area contributed by atoms with E-state index in [4.69, 9.17) is 10.00 Å². The van der Waals surface area contributed by atoms with E-state index in [0.29, 0.717) is 44.8 Å². The molecule has 39 heavy (non-hydrogen) atoms. The quantitative estimate of drug-likeness (QED) is 0.431. The van der Waals surface area contributed by atoms with Crippen molar-refractivity contribution in [1.82, 2.24) is 19.4 Å². The van der Waals surface area contributed by atoms with Gasteiger partial charge in [0.15, 0.2) is 0 Å². The molecule has 1 aromatic heterocycles. The molecule has 0 spiro atoms. The topological polar surface area (TPSA) is 109 Å². The van der Waals surface area contributed by atoms with Crippen LogP contribution in [0.3, 0.4) is 0 Å². The number of nitrogens with zero attached hydrogens (tertiary/aromatic N) is 5. The molecule has 1 aliphatic rings. The molecule has 13 heteroatoms. The highest BCUT2D eigenvalue weighted by atomic mass is 32.2. The molecule has 0 saturated carbocycles. The highest BCUT2D eigenvalue weighted by Crippen LogP contribution is 2.32. The van der Waals surface area contributed by atoms with Crippen molar-refractivity contribution >= 4 is 15.9 Å². The first-order valence-corrected chi connectivity index (χ1v) is 13.5. The van der Waals surface area contributed by atoms with Crippen LogP contribution in [0, 0.1) is 18.3 Å². The van der Waals surface area contributed by atoms with Gasteiger partial charge in [0.05, 0.1) is 22.2 Å². The number of hydrogen-bond acceptors (Lipinski definition) is 7. The summed E-state index contributed by atoms with van der Waals surface area (Å²) in [6, 6.07) is 14.1. The van der Waals surface area contributed by atoms with Crippen molar-refractivity contribution in [2.75, 3.05) is 26.2 Å². The number of carbonyl (C=O) groups is 1. The van der Waals surface area contributed by atoms with Crippen LogP contribution in [-0.2, 0) is 34.3 Å². The lowest BCUT2D eigenvalue weighted by Gasteiger charge is -2.34. The third-order valence-electron chi connectivity index (χ3n) is 6.50. The van der Waals surface area contributed by atoms with Crippen LogP contribution in [0.4, 0.5) is 18.0 Å². The molecule has 1 amide bonds. The summed E-state index contributed by atoms with van der Waals surface area (Å²) >= 11 is 0. The highest BCUT2D eigenvalue weighted by molar-refractivity contribution is 7.92. The van der Waals surface area contributed by atoms with Crippen LogP contribution >= 0.6 is 0 Å². The second-order valence-electron chi connectivity index (χ2n) is 9.07. The summed E-state index contributed by atoms with van der Waals surface area (Å²) in [5.74, 6) is 0.851. The highest BCUT2D eigenvalue weighted by Gasteiger charge is 2.47. The first-order chi connectivity index (χ1) is 18.5. The van der Waals surface area contributed by atoms with E-state index in [9.17, 15) is 26.4 Å². The molecule has 0 atom stereocenters. The smallest absolute Gasteiger partial charge is 0.444 e. The fourth-order valence-corrected chi connectivity index (χ4v) is 5.26. The summed E-state index contributed by atoms with van der Waals surface area (Å²) in [6.07, 6.45) is 1.09. The zero-order valence-corrected chi connectivity index (χ0v) is 21.9. The molecule has 0 radical (unpaired) electrons. The summed E-state index contributed by atoms with van der Waals surface area (Å²) in [5.41, 5.74) is -3.08. The van der Waals surface area contributed by atoms with Gasteiger partial charge in [0, 0.05) is 51.0 Å². The van der Waals surface area contributed by atoms with Crippen molar-refractivity contribution < 1.29 is 31.1 Å². The van der Waals surface area contributed by atoms with Gasteiger partial charge in [-0.3, -0.25) is 4.90 Å². The lowest BCUT2D eigenvalue weighted by atomic mass is 10.1. The predicted molar refractivity (Wildman–Crippen MR) is 134 cm³/mol. The van der Waals surface area contributed by atoms with Crippen molar-refractivity contribution in [1.29, 1.82) is 5.26 Å². The van der Waals surface area contributed by atoms with Crippen molar-refractivity contribution in [3.05, 3.63) is 82.9 Å². The van der Waals surface area contributed by atoms with Gasteiger partial charge in [-0.15, -0.1) is 0 Å². The molecular formula is C26H26F3N5O4S. The molecule has 206 valence electrons. The molecule has 0 bridgehead atoms. The average Bonchev–Trinajstić information content (AvgIpc) is 3.26. The summed E-state index contributed by atoms with van der Waals surface area (Å²) in [5, 5.41) is 9.00. The number of piperazine rings is 1. The van der Waals surface area contributed by atoms with Crippen LogP contribution in [0.25, 0.3) is 0 Å². The van der Waals surface area contributed by atoms with Crippen LogP contribution in [0.1, 0.15) is 28.2 Å². The Morgan fingerprint density at radius 2 is 1.72 bits per heavy atom. The number of ether oxygens (including phenoxy) is 1. The number of imidazole rings is 1. The third-order valence-corrected chi connectivity index (χ3v) is 8.08. The average molecular weight is 562 g/mol. The maximum atomic E-state index is 13.0. The van der Waals surface area contributed by atoms with Crippen LogP contribution in [-0.4, -0.2) is 65.5 Å². The summed E-state index contributed by atoms with van der Waals surface area (Å²) in [7, 11) is -5.57. The van der Waals surface area contributed by atoms with Crippen LogP contribution in [0.2, 0.25) is 0 Å². The van der Waals surface area contributed by atoms with Gasteiger partial charge < -0.3 is 14.2 Å². The van der Waals surface area contributed by atoms with Crippen LogP contribution in [0.15, 0.2) is 59.6 Å². The van der Waals surface area contributed by atoms with E-state index < -0.39 is 32.9 Å². The second kappa shape index (κ2) is 11.5. The van der Waals surface area contributed by atoms with Crippen LogP contribution in [0.5, 0.6) is 0 Å². The number of amides is 1. The van der Waals surface area contributed by atoms with E-state index in [2.05, 4.69) is 20.5 Å². The Morgan fingerprint density at radius 1 is 1.05 bits per heavy atom. The summed E-state index contributed by atoms with van der Waals surface area (Å²) in [4.78, 5) is 19.7. The SMILES string of the molecule is Cc1ncc(CN2CCN(C(=O)OCc3ccccc3S(=O)(=O)C(F)(F)F)CC2)n1Cc1ccc(C#N)cc1. The minimum Gasteiger partial charge on any atom is -0.444 e. The second-order valence-corrected chi connectivity index (χ2v) is 11.0. The lowest BCUT2D eigenvalue weighted by molar-refractivity contribution is -0.0436. The zero-order valence-electron chi connectivity index (χ0n) is 21.1. The maximum absolute atomic E-state index is 13.0. The minimum absolute atomic E-state index is 0.243. The molecule has 3 aromatic rings. The number of hydrogen-bond donors (Lipinski definition) is 0. The fourth-order valence-electron chi connectivity index (χ4n) is 4.28. The fraction of sp³-hybridized carbons (Fsp3) is 0.346. The van der Waals surface area contributed by atoms with Crippen molar-refractivity contribution in [2.24, 2.45) is 0 Å². The van der Waals surface area contributed by atoms with Gasteiger partial charge in [-0.05, 0) is 30.7 Å². The number of rotatable bonds is 7. The maximum Gasteiger partial charge on any atom is 0.501 e. The summed E-state index contributed by atoms with van der Waals surface area (Å²) in [6.45, 7) is 4.27. The lowest BCUT2D eigenvalue weighted by Crippen LogP contribution is -2.48. The van der Waals surface area contributed by atoms with E-state index in [0.717, 1.165) is 23.1 Å². The predicted octanol–water partition coefficient (Wildman–Crippen LogP) is 3.86. The number of alkyl halides is 3. The number of halogens is 3. The molecule has 2 aromatic carbocycles. The van der Waals surface area contributed by atoms with Gasteiger partial charge in [0.2, 0.25) is 0 Å². The number of benzene rings is 2.